The number of benzene rings is 2. The summed E-state index contributed by atoms with van der Waals surface area (Å²) in [5, 5.41) is 4.45. The molecule has 0 saturated heterocycles. The van der Waals surface area contributed by atoms with Gasteiger partial charge in [0, 0.05) is 5.56 Å². The number of carbonyl (C=O) groups excluding carboxylic acids is 2. The largest absolute Gasteiger partial charge is 0.345 e. The van der Waals surface area contributed by atoms with Gasteiger partial charge in [0.2, 0.25) is 0 Å². The van der Waals surface area contributed by atoms with Crippen LogP contribution in [0.25, 0.3) is 10.8 Å². The third-order valence-electron chi connectivity index (χ3n) is 2.38. The number of carbonyl (C=O) groups is 2. The van der Waals surface area contributed by atoms with E-state index in [2.05, 4.69) is 5.32 Å². The number of hydrogen-bond acceptors (Lipinski definition) is 2. The van der Waals surface area contributed by atoms with E-state index in [0.717, 1.165) is 10.8 Å². The first-order valence-corrected chi connectivity index (χ1v) is 5.02. The van der Waals surface area contributed by atoms with E-state index in [4.69, 9.17) is 0 Å². The van der Waals surface area contributed by atoms with Crippen molar-refractivity contribution < 1.29 is 9.59 Å². The average molecular weight is 213 g/mol. The van der Waals surface area contributed by atoms with Crippen molar-refractivity contribution in [2.24, 2.45) is 0 Å². The second kappa shape index (κ2) is 4.57. The van der Waals surface area contributed by atoms with E-state index in [1.54, 1.807) is 6.07 Å². The van der Waals surface area contributed by atoms with Crippen LogP contribution in [0.4, 0.5) is 0 Å². The molecule has 0 heterocycles. The highest BCUT2D eigenvalue weighted by Crippen LogP contribution is 2.18. The zero-order valence-electron chi connectivity index (χ0n) is 8.64. The molecule has 0 aromatic heterocycles. The van der Waals surface area contributed by atoms with Crippen LogP contribution in [0, 0.1) is 0 Å². The first-order valence-electron chi connectivity index (χ1n) is 5.02. The van der Waals surface area contributed by atoms with E-state index in [-0.39, 0.29) is 12.5 Å². The lowest BCUT2D eigenvalue weighted by molar-refractivity contribution is -0.107. The second-order valence-electron chi connectivity index (χ2n) is 3.40. The molecule has 0 fully saturated rings. The van der Waals surface area contributed by atoms with Crippen LogP contribution in [0.2, 0.25) is 0 Å². The highest BCUT2D eigenvalue weighted by atomic mass is 16.2. The van der Waals surface area contributed by atoms with E-state index in [1.165, 1.54) is 0 Å². The number of nitrogens with one attached hydrogen (secondary N) is 1. The Kier molecular flexibility index (Phi) is 2.96. The van der Waals surface area contributed by atoms with E-state index in [0.29, 0.717) is 11.8 Å². The SMILES string of the molecule is O=CCNC(=O)c1cccc2ccccc12. The number of fused-ring (bicyclic) bond motifs is 1. The van der Waals surface area contributed by atoms with Gasteiger partial charge in [-0.05, 0) is 16.8 Å². The minimum absolute atomic E-state index is 0.0437. The van der Waals surface area contributed by atoms with Crippen molar-refractivity contribution in [2.45, 2.75) is 0 Å². The van der Waals surface area contributed by atoms with Crippen LogP contribution < -0.4 is 5.32 Å². The molecule has 0 atom stereocenters. The fourth-order valence-electron chi connectivity index (χ4n) is 1.65. The van der Waals surface area contributed by atoms with Crippen LogP contribution >= 0.6 is 0 Å². The van der Waals surface area contributed by atoms with E-state index >= 15 is 0 Å². The molecule has 0 bridgehead atoms. The molecule has 1 amide bonds. The molecule has 1 N–H and O–H groups in total. The Bertz CT molecular complexity index is 529. The first-order chi connectivity index (χ1) is 7.83. The third-order valence-corrected chi connectivity index (χ3v) is 2.38. The molecule has 80 valence electrons. The molecule has 0 radical (unpaired) electrons. The smallest absolute Gasteiger partial charge is 0.252 e. The Labute approximate surface area is 93.1 Å². The number of aldehydes is 1. The Hall–Kier alpha value is -2.16. The monoisotopic (exact) mass is 213 g/mol. The van der Waals surface area contributed by atoms with Crippen molar-refractivity contribution in [2.75, 3.05) is 6.54 Å². The van der Waals surface area contributed by atoms with E-state index in [9.17, 15) is 9.59 Å². The Balaban J connectivity index is 2.44. The van der Waals surface area contributed by atoms with Gasteiger partial charge in [0.05, 0.1) is 6.54 Å². The molecular formula is C13H11NO2. The summed E-state index contributed by atoms with van der Waals surface area (Å²) in [7, 11) is 0. The molecular weight excluding hydrogens is 202 g/mol. The van der Waals surface area contributed by atoms with Crippen molar-refractivity contribution >= 4 is 23.0 Å². The maximum absolute atomic E-state index is 11.7. The Morgan fingerprint density at radius 1 is 1.12 bits per heavy atom. The van der Waals surface area contributed by atoms with Crippen LogP contribution in [-0.4, -0.2) is 18.7 Å². The predicted octanol–water partition coefficient (Wildman–Crippen LogP) is 1.77. The lowest BCUT2D eigenvalue weighted by Gasteiger charge is -2.05. The molecule has 0 aliphatic rings. The standard InChI is InChI=1S/C13H11NO2/c15-9-8-14-13(16)12-7-3-5-10-4-1-2-6-11(10)12/h1-7,9H,8H2,(H,14,16). The Morgan fingerprint density at radius 2 is 1.88 bits per heavy atom. The van der Waals surface area contributed by atoms with Gasteiger partial charge < -0.3 is 10.1 Å². The van der Waals surface area contributed by atoms with Crippen LogP contribution in [0.3, 0.4) is 0 Å². The fourth-order valence-corrected chi connectivity index (χ4v) is 1.65. The number of hydrogen-bond donors (Lipinski definition) is 1. The van der Waals surface area contributed by atoms with Gasteiger partial charge in [0.25, 0.3) is 5.91 Å². The van der Waals surface area contributed by atoms with Gasteiger partial charge in [-0.25, -0.2) is 0 Å². The fraction of sp³-hybridized carbons (Fsp3) is 0.0769. The number of rotatable bonds is 3. The maximum Gasteiger partial charge on any atom is 0.252 e. The molecule has 3 heteroatoms. The van der Waals surface area contributed by atoms with Crippen molar-refractivity contribution in [3.63, 3.8) is 0 Å². The van der Waals surface area contributed by atoms with Gasteiger partial charge >= 0.3 is 0 Å². The van der Waals surface area contributed by atoms with Gasteiger partial charge in [0.15, 0.2) is 0 Å². The summed E-state index contributed by atoms with van der Waals surface area (Å²) in [5.74, 6) is -0.219. The highest BCUT2D eigenvalue weighted by molar-refractivity contribution is 6.07. The minimum Gasteiger partial charge on any atom is -0.345 e. The summed E-state index contributed by atoms with van der Waals surface area (Å²) in [6.45, 7) is 0.0437. The van der Waals surface area contributed by atoms with Crippen LogP contribution in [0.1, 0.15) is 10.4 Å². The molecule has 2 rings (SSSR count). The van der Waals surface area contributed by atoms with Crippen LogP contribution in [-0.2, 0) is 4.79 Å². The molecule has 0 saturated carbocycles. The quantitative estimate of drug-likeness (QED) is 0.790. The van der Waals surface area contributed by atoms with Crippen LogP contribution in [0.15, 0.2) is 42.5 Å². The van der Waals surface area contributed by atoms with Crippen LogP contribution in [0.5, 0.6) is 0 Å². The summed E-state index contributed by atoms with van der Waals surface area (Å²) >= 11 is 0. The van der Waals surface area contributed by atoms with Gasteiger partial charge in [-0.1, -0.05) is 36.4 Å². The molecule has 0 aliphatic heterocycles. The molecule has 0 aliphatic carbocycles. The van der Waals surface area contributed by atoms with Gasteiger partial charge in [-0.2, -0.15) is 0 Å². The average Bonchev–Trinajstić information content (AvgIpc) is 2.35. The van der Waals surface area contributed by atoms with Crippen molar-refractivity contribution in [1.82, 2.24) is 5.32 Å². The first kappa shape index (κ1) is 10.4. The molecule has 3 nitrogen and oxygen atoms in total. The molecule has 0 unspecified atom stereocenters. The Morgan fingerprint density at radius 3 is 2.69 bits per heavy atom. The third kappa shape index (κ3) is 1.93. The summed E-state index contributed by atoms with van der Waals surface area (Å²) in [5.41, 5.74) is 0.597. The van der Waals surface area contributed by atoms with Crippen molar-refractivity contribution in [3.8, 4) is 0 Å². The zero-order chi connectivity index (χ0) is 11.4. The summed E-state index contributed by atoms with van der Waals surface area (Å²) in [4.78, 5) is 21.9. The van der Waals surface area contributed by atoms with Gasteiger partial charge in [-0.15, -0.1) is 0 Å². The highest BCUT2D eigenvalue weighted by Gasteiger charge is 2.07. The predicted molar refractivity (Wildman–Crippen MR) is 62.3 cm³/mol. The van der Waals surface area contributed by atoms with Gasteiger partial charge in [0.1, 0.15) is 6.29 Å². The summed E-state index contributed by atoms with van der Waals surface area (Å²) in [6.07, 6.45) is 0.670. The second-order valence-corrected chi connectivity index (χ2v) is 3.40. The molecule has 16 heavy (non-hydrogen) atoms. The van der Waals surface area contributed by atoms with E-state index < -0.39 is 0 Å². The zero-order valence-corrected chi connectivity index (χ0v) is 8.64. The van der Waals surface area contributed by atoms with E-state index in [1.807, 2.05) is 36.4 Å². The molecule has 0 spiro atoms. The normalized spacial score (nSPS) is 10.0. The van der Waals surface area contributed by atoms with Crippen molar-refractivity contribution in [1.29, 1.82) is 0 Å². The topological polar surface area (TPSA) is 46.2 Å². The summed E-state index contributed by atoms with van der Waals surface area (Å²) in [6, 6.07) is 13.2. The minimum atomic E-state index is -0.219. The number of amides is 1. The molecule has 2 aromatic carbocycles. The molecule has 2 aromatic rings. The van der Waals surface area contributed by atoms with Gasteiger partial charge in [-0.3, -0.25) is 4.79 Å². The summed E-state index contributed by atoms with van der Waals surface area (Å²) < 4.78 is 0. The lowest BCUT2D eigenvalue weighted by atomic mass is 10.0. The maximum atomic E-state index is 11.7. The lowest BCUT2D eigenvalue weighted by Crippen LogP contribution is -2.25. The van der Waals surface area contributed by atoms with Crippen molar-refractivity contribution in [3.05, 3.63) is 48.0 Å².